The number of amides is 2. The maximum Gasteiger partial charge on any atom is 0.410 e. The zero-order valence-electron chi connectivity index (χ0n) is 15.5. The number of benzene rings is 1. The SMILES string of the molecule is CC(=O)N(C)c1ccc(N2CCN(C(=O)OC(C)(C)C)CC2)c(F)c1. The molecule has 1 aliphatic heterocycles. The lowest BCUT2D eigenvalue weighted by atomic mass is 10.2. The molecule has 6 nitrogen and oxygen atoms in total. The second-order valence-corrected chi connectivity index (χ2v) is 7.17. The van der Waals surface area contributed by atoms with E-state index in [9.17, 15) is 14.0 Å². The summed E-state index contributed by atoms with van der Waals surface area (Å²) in [6.45, 7) is 8.92. The molecule has 0 saturated carbocycles. The molecular formula is C18H26FN3O3. The van der Waals surface area contributed by atoms with Crippen LogP contribution in [0.25, 0.3) is 0 Å². The van der Waals surface area contributed by atoms with E-state index < -0.39 is 5.60 Å². The van der Waals surface area contributed by atoms with E-state index in [1.807, 2.05) is 25.7 Å². The van der Waals surface area contributed by atoms with Gasteiger partial charge in [-0.05, 0) is 39.0 Å². The van der Waals surface area contributed by atoms with Crippen molar-refractivity contribution in [2.45, 2.75) is 33.3 Å². The number of carbonyl (C=O) groups excluding carboxylic acids is 2. The maximum absolute atomic E-state index is 14.5. The fourth-order valence-electron chi connectivity index (χ4n) is 2.60. The van der Waals surface area contributed by atoms with Crippen molar-refractivity contribution in [1.29, 1.82) is 0 Å². The molecule has 1 aromatic carbocycles. The van der Waals surface area contributed by atoms with E-state index in [1.54, 1.807) is 24.1 Å². The smallest absolute Gasteiger partial charge is 0.410 e. The van der Waals surface area contributed by atoms with E-state index in [1.165, 1.54) is 17.9 Å². The molecule has 138 valence electrons. The number of halogens is 1. The average molecular weight is 351 g/mol. The fourth-order valence-corrected chi connectivity index (χ4v) is 2.60. The van der Waals surface area contributed by atoms with Crippen LogP contribution in [0.1, 0.15) is 27.7 Å². The van der Waals surface area contributed by atoms with Crippen molar-refractivity contribution < 1.29 is 18.7 Å². The van der Waals surface area contributed by atoms with Crippen molar-refractivity contribution in [1.82, 2.24) is 4.90 Å². The van der Waals surface area contributed by atoms with Gasteiger partial charge in [0.05, 0.1) is 5.69 Å². The lowest BCUT2D eigenvalue weighted by molar-refractivity contribution is -0.116. The third-order valence-corrected chi connectivity index (χ3v) is 4.06. The highest BCUT2D eigenvalue weighted by Crippen LogP contribution is 2.26. The van der Waals surface area contributed by atoms with Crippen LogP contribution >= 0.6 is 0 Å². The van der Waals surface area contributed by atoms with Gasteiger partial charge in [0.2, 0.25) is 5.91 Å². The second kappa shape index (κ2) is 7.29. The molecule has 0 atom stereocenters. The monoisotopic (exact) mass is 351 g/mol. The molecule has 0 radical (unpaired) electrons. The summed E-state index contributed by atoms with van der Waals surface area (Å²) < 4.78 is 19.8. The molecule has 1 aliphatic rings. The zero-order chi connectivity index (χ0) is 18.8. The first kappa shape index (κ1) is 19.0. The van der Waals surface area contributed by atoms with Gasteiger partial charge in [0, 0.05) is 45.8 Å². The maximum atomic E-state index is 14.5. The Labute approximate surface area is 148 Å². The minimum atomic E-state index is -0.529. The molecule has 0 aliphatic carbocycles. The van der Waals surface area contributed by atoms with Crippen molar-refractivity contribution >= 4 is 23.4 Å². The zero-order valence-corrected chi connectivity index (χ0v) is 15.5. The molecule has 0 bridgehead atoms. The molecule has 1 fully saturated rings. The third-order valence-electron chi connectivity index (χ3n) is 4.06. The minimum absolute atomic E-state index is 0.155. The van der Waals surface area contributed by atoms with E-state index in [0.29, 0.717) is 37.6 Å². The van der Waals surface area contributed by atoms with Crippen molar-refractivity contribution in [3.8, 4) is 0 Å². The number of nitrogens with zero attached hydrogens (tertiary/aromatic N) is 3. The first-order valence-electron chi connectivity index (χ1n) is 8.35. The van der Waals surface area contributed by atoms with Crippen LogP contribution in [0.2, 0.25) is 0 Å². The Bertz CT molecular complexity index is 649. The van der Waals surface area contributed by atoms with Gasteiger partial charge in [-0.15, -0.1) is 0 Å². The van der Waals surface area contributed by atoms with Crippen LogP contribution in [0.5, 0.6) is 0 Å². The normalized spacial score (nSPS) is 15.1. The van der Waals surface area contributed by atoms with Gasteiger partial charge in [0.1, 0.15) is 11.4 Å². The van der Waals surface area contributed by atoms with Gasteiger partial charge in [0.25, 0.3) is 0 Å². The van der Waals surface area contributed by atoms with Crippen molar-refractivity contribution in [3.63, 3.8) is 0 Å². The lowest BCUT2D eigenvalue weighted by Crippen LogP contribution is -2.50. The number of piperazine rings is 1. The van der Waals surface area contributed by atoms with Crippen molar-refractivity contribution in [3.05, 3.63) is 24.0 Å². The summed E-state index contributed by atoms with van der Waals surface area (Å²) in [5.41, 5.74) is 0.462. The molecule has 1 aromatic rings. The van der Waals surface area contributed by atoms with E-state index in [4.69, 9.17) is 4.74 Å². The minimum Gasteiger partial charge on any atom is -0.444 e. The van der Waals surface area contributed by atoms with Crippen LogP contribution in [-0.2, 0) is 9.53 Å². The molecule has 1 saturated heterocycles. The average Bonchev–Trinajstić information content (AvgIpc) is 2.52. The summed E-state index contributed by atoms with van der Waals surface area (Å²) in [7, 11) is 1.61. The van der Waals surface area contributed by atoms with E-state index >= 15 is 0 Å². The number of ether oxygens (including phenoxy) is 1. The summed E-state index contributed by atoms with van der Waals surface area (Å²) in [6, 6.07) is 4.75. The summed E-state index contributed by atoms with van der Waals surface area (Å²) in [5, 5.41) is 0. The number of rotatable bonds is 2. The third kappa shape index (κ3) is 4.84. The first-order chi connectivity index (χ1) is 11.6. The molecule has 2 amide bonds. The van der Waals surface area contributed by atoms with Crippen LogP contribution in [0.15, 0.2) is 18.2 Å². The molecule has 7 heteroatoms. The Morgan fingerprint density at radius 3 is 2.24 bits per heavy atom. The highest BCUT2D eigenvalue weighted by Gasteiger charge is 2.27. The molecule has 0 aromatic heterocycles. The van der Waals surface area contributed by atoms with Gasteiger partial charge in [-0.3, -0.25) is 4.79 Å². The molecule has 0 N–H and O–H groups in total. The van der Waals surface area contributed by atoms with Gasteiger partial charge < -0.3 is 19.4 Å². The van der Waals surface area contributed by atoms with Crippen LogP contribution in [0, 0.1) is 5.82 Å². The fraction of sp³-hybridized carbons (Fsp3) is 0.556. The second-order valence-electron chi connectivity index (χ2n) is 7.17. The molecular weight excluding hydrogens is 325 g/mol. The summed E-state index contributed by atoms with van der Waals surface area (Å²) in [6.07, 6.45) is -0.342. The number of hydrogen-bond acceptors (Lipinski definition) is 4. The molecule has 25 heavy (non-hydrogen) atoms. The molecule has 2 rings (SSSR count). The quantitative estimate of drug-likeness (QED) is 0.822. The van der Waals surface area contributed by atoms with Crippen LogP contribution in [0.3, 0.4) is 0 Å². The summed E-state index contributed by atoms with van der Waals surface area (Å²) >= 11 is 0. The van der Waals surface area contributed by atoms with E-state index in [0.717, 1.165) is 0 Å². The lowest BCUT2D eigenvalue weighted by Gasteiger charge is -2.37. The van der Waals surface area contributed by atoms with Crippen LogP contribution < -0.4 is 9.80 Å². The van der Waals surface area contributed by atoms with Crippen molar-refractivity contribution in [2.75, 3.05) is 43.0 Å². The predicted octanol–water partition coefficient (Wildman–Crippen LogP) is 2.87. The predicted molar refractivity (Wildman–Crippen MR) is 95.5 cm³/mol. The van der Waals surface area contributed by atoms with Gasteiger partial charge in [0.15, 0.2) is 0 Å². The van der Waals surface area contributed by atoms with E-state index in [-0.39, 0.29) is 17.8 Å². The molecule has 0 unspecified atom stereocenters. The van der Waals surface area contributed by atoms with Gasteiger partial charge in [-0.1, -0.05) is 0 Å². The van der Waals surface area contributed by atoms with Gasteiger partial charge in [-0.2, -0.15) is 0 Å². The van der Waals surface area contributed by atoms with E-state index in [2.05, 4.69) is 0 Å². The standard InChI is InChI=1S/C18H26FN3O3/c1-13(23)20(5)14-6-7-16(15(19)12-14)21-8-10-22(11-9-21)17(24)25-18(2,3)4/h6-7,12H,8-11H2,1-5H3. The number of carbonyl (C=O) groups is 2. The largest absolute Gasteiger partial charge is 0.444 e. The summed E-state index contributed by atoms with van der Waals surface area (Å²) in [4.78, 5) is 28.4. The summed E-state index contributed by atoms with van der Waals surface area (Å²) in [5.74, 6) is -0.533. The topological polar surface area (TPSA) is 53.1 Å². The molecule has 0 spiro atoms. The Balaban J connectivity index is 2.01. The Morgan fingerprint density at radius 2 is 1.76 bits per heavy atom. The van der Waals surface area contributed by atoms with Crippen LogP contribution in [-0.4, -0.2) is 55.7 Å². The van der Waals surface area contributed by atoms with Gasteiger partial charge >= 0.3 is 6.09 Å². The van der Waals surface area contributed by atoms with Crippen LogP contribution in [0.4, 0.5) is 20.6 Å². The van der Waals surface area contributed by atoms with Crippen molar-refractivity contribution in [2.24, 2.45) is 0 Å². The highest BCUT2D eigenvalue weighted by atomic mass is 19.1. The Morgan fingerprint density at radius 1 is 1.16 bits per heavy atom. The highest BCUT2D eigenvalue weighted by molar-refractivity contribution is 5.91. The van der Waals surface area contributed by atoms with Gasteiger partial charge in [-0.25, -0.2) is 9.18 Å². The Hall–Kier alpha value is -2.31. The Kier molecular flexibility index (Phi) is 5.55. The first-order valence-corrected chi connectivity index (χ1v) is 8.35. The number of hydrogen-bond donors (Lipinski definition) is 0. The number of anilines is 2. The molecule has 1 heterocycles.